The Hall–Kier alpha value is -1.17. The van der Waals surface area contributed by atoms with Crippen LogP contribution in [0.3, 0.4) is 0 Å². The van der Waals surface area contributed by atoms with Crippen molar-refractivity contribution in [1.29, 1.82) is 0 Å². The molecule has 0 aliphatic heterocycles. The van der Waals surface area contributed by atoms with Crippen LogP contribution in [-0.2, 0) is 13.1 Å². The van der Waals surface area contributed by atoms with Crippen molar-refractivity contribution in [2.24, 2.45) is 0 Å². The van der Waals surface area contributed by atoms with Crippen LogP contribution in [0.5, 0.6) is 5.75 Å². The Morgan fingerprint density at radius 1 is 1.10 bits per heavy atom. The standard InChI is InChI=1S/C15H13BrClF2NO/c16-12-5-6-13(17)11(7-12)9-20-8-10-3-1-2-4-14(10)21-15(18)19/h1-7,15,20H,8-9H2. The molecule has 0 aliphatic rings. The van der Waals surface area contributed by atoms with E-state index in [1.165, 1.54) is 6.07 Å². The van der Waals surface area contributed by atoms with Crippen LogP contribution in [0.1, 0.15) is 11.1 Å². The number of benzene rings is 2. The summed E-state index contributed by atoms with van der Waals surface area (Å²) in [6.45, 7) is -1.89. The summed E-state index contributed by atoms with van der Waals surface area (Å²) < 4.78 is 30.1. The van der Waals surface area contributed by atoms with Crippen molar-refractivity contribution >= 4 is 27.5 Å². The second kappa shape index (κ2) is 7.73. The maximum absolute atomic E-state index is 12.3. The number of para-hydroxylation sites is 1. The van der Waals surface area contributed by atoms with E-state index in [0.29, 0.717) is 23.7 Å². The fraction of sp³-hybridized carbons (Fsp3) is 0.200. The Morgan fingerprint density at radius 3 is 2.57 bits per heavy atom. The minimum Gasteiger partial charge on any atom is -0.434 e. The molecule has 0 fully saturated rings. The maximum Gasteiger partial charge on any atom is 0.387 e. The van der Waals surface area contributed by atoms with Crippen molar-refractivity contribution in [3.63, 3.8) is 0 Å². The molecule has 0 saturated carbocycles. The number of hydrogen-bond donors (Lipinski definition) is 1. The molecule has 0 amide bonds. The van der Waals surface area contributed by atoms with Gasteiger partial charge in [-0.2, -0.15) is 8.78 Å². The molecule has 0 saturated heterocycles. The lowest BCUT2D eigenvalue weighted by Gasteiger charge is -2.12. The third kappa shape index (κ3) is 4.95. The minimum absolute atomic E-state index is 0.181. The van der Waals surface area contributed by atoms with Gasteiger partial charge in [-0.25, -0.2) is 0 Å². The topological polar surface area (TPSA) is 21.3 Å². The number of ether oxygens (including phenoxy) is 1. The zero-order chi connectivity index (χ0) is 15.2. The molecule has 0 bridgehead atoms. The molecule has 0 aromatic heterocycles. The average Bonchev–Trinajstić information content (AvgIpc) is 2.44. The molecule has 0 atom stereocenters. The first-order valence-electron chi connectivity index (χ1n) is 6.23. The minimum atomic E-state index is -2.83. The molecule has 0 unspecified atom stereocenters. The van der Waals surface area contributed by atoms with E-state index >= 15 is 0 Å². The van der Waals surface area contributed by atoms with E-state index in [1.807, 2.05) is 12.1 Å². The Bertz CT molecular complexity index is 610. The monoisotopic (exact) mass is 375 g/mol. The zero-order valence-corrected chi connectivity index (χ0v) is 13.3. The molecular weight excluding hydrogens is 364 g/mol. The van der Waals surface area contributed by atoms with Gasteiger partial charge in [0.1, 0.15) is 5.75 Å². The van der Waals surface area contributed by atoms with Crippen molar-refractivity contribution in [3.05, 3.63) is 63.1 Å². The first kappa shape index (κ1) is 16.2. The highest BCUT2D eigenvalue weighted by atomic mass is 79.9. The molecule has 21 heavy (non-hydrogen) atoms. The van der Waals surface area contributed by atoms with E-state index in [4.69, 9.17) is 11.6 Å². The zero-order valence-electron chi connectivity index (χ0n) is 11.0. The highest BCUT2D eigenvalue weighted by Crippen LogP contribution is 2.22. The molecule has 2 rings (SSSR count). The Labute approximate surface area is 135 Å². The highest BCUT2D eigenvalue weighted by Gasteiger charge is 2.09. The summed E-state index contributed by atoms with van der Waals surface area (Å²) in [4.78, 5) is 0. The summed E-state index contributed by atoms with van der Waals surface area (Å²) >= 11 is 9.48. The largest absolute Gasteiger partial charge is 0.434 e. The fourth-order valence-electron chi connectivity index (χ4n) is 1.87. The smallest absolute Gasteiger partial charge is 0.387 e. The molecular formula is C15H13BrClF2NO. The predicted octanol–water partition coefficient (Wildman–Crippen LogP) is 4.99. The van der Waals surface area contributed by atoms with Gasteiger partial charge >= 0.3 is 6.61 Å². The SMILES string of the molecule is FC(F)Oc1ccccc1CNCc1cc(Br)ccc1Cl. The van der Waals surface area contributed by atoms with E-state index in [9.17, 15) is 8.78 Å². The van der Waals surface area contributed by atoms with Gasteiger partial charge in [-0.05, 0) is 29.8 Å². The van der Waals surface area contributed by atoms with E-state index < -0.39 is 6.61 Å². The molecule has 2 aromatic carbocycles. The van der Waals surface area contributed by atoms with Crippen molar-refractivity contribution < 1.29 is 13.5 Å². The Balaban J connectivity index is 1.99. The van der Waals surface area contributed by atoms with Gasteiger partial charge in [-0.15, -0.1) is 0 Å². The Morgan fingerprint density at radius 2 is 1.81 bits per heavy atom. The van der Waals surface area contributed by atoms with E-state index in [0.717, 1.165) is 10.0 Å². The van der Waals surface area contributed by atoms with Crippen LogP contribution in [0, 0.1) is 0 Å². The number of alkyl halides is 2. The lowest BCUT2D eigenvalue weighted by Crippen LogP contribution is -2.14. The normalized spacial score (nSPS) is 10.9. The summed E-state index contributed by atoms with van der Waals surface area (Å²) in [5.41, 5.74) is 1.60. The summed E-state index contributed by atoms with van der Waals surface area (Å²) in [5.74, 6) is 0.181. The van der Waals surface area contributed by atoms with Gasteiger partial charge in [0, 0.05) is 28.1 Å². The van der Waals surface area contributed by atoms with Crippen molar-refractivity contribution in [3.8, 4) is 5.75 Å². The van der Waals surface area contributed by atoms with Crippen LogP contribution in [0.2, 0.25) is 5.02 Å². The molecule has 2 nitrogen and oxygen atoms in total. The summed E-state index contributed by atoms with van der Waals surface area (Å²) in [7, 11) is 0. The molecule has 0 heterocycles. The third-order valence-corrected chi connectivity index (χ3v) is 3.69. The van der Waals surface area contributed by atoms with Crippen LogP contribution in [0.4, 0.5) is 8.78 Å². The van der Waals surface area contributed by atoms with Crippen molar-refractivity contribution in [2.75, 3.05) is 0 Å². The number of halogens is 4. The van der Waals surface area contributed by atoms with E-state index in [2.05, 4.69) is 26.0 Å². The quantitative estimate of drug-likeness (QED) is 0.766. The first-order chi connectivity index (χ1) is 10.1. The predicted molar refractivity (Wildman–Crippen MR) is 82.8 cm³/mol. The second-order valence-electron chi connectivity index (χ2n) is 4.33. The Kier molecular flexibility index (Phi) is 5.96. The van der Waals surface area contributed by atoms with Gasteiger partial charge in [0.2, 0.25) is 0 Å². The van der Waals surface area contributed by atoms with E-state index in [1.54, 1.807) is 24.3 Å². The lowest BCUT2D eigenvalue weighted by atomic mass is 10.2. The molecule has 0 radical (unpaired) electrons. The summed E-state index contributed by atoms with van der Waals surface area (Å²) in [6.07, 6.45) is 0. The average molecular weight is 377 g/mol. The molecule has 112 valence electrons. The maximum atomic E-state index is 12.3. The molecule has 1 N–H and O–H groups in total. The lowest BCUT2D eigenvalue weighted by molar-refractivity contribution is -0.0505. The number of hydrogen-bond acceptors (Lipinski definition) is 2. The van der Waals surface area contributed by atoms with Crippen molar-refractivity contribution in [2.45, 2.75) is 19.7 Å². The summed E-state index contributed by atoms with van der Waals surface area (Å²) in [5, 5.41) is 3.82. The van der Waals surface area contributed by atoms with Crippen LogP contribution >= 0.6 is 27.5 Å². The second-order valence-corrected chi connectivity index (χ2v) is 5.65. The number of rotatable bonds is 6. The molecule has 6 heteroatoms. The molecule has 0 spiro atoms. The number of nitrogens with one attached hydrogen (secondary N) is 1. The third-order valence-electron chi connectivity index (χ3n) is 2.83. The van der Waals surface area contributed by atoms with Gasteiger partial charge < -0.3 is 10.1 Å². The summed E-state index contributed by atoms with van der Waals surface area (Å²) in [6, 6.07) is 12.3. The van der Waals surface area contributed by atoms with Gasteiger partial charge in [-0.3, -0.25) is 0 Å². The molecule has 0 aliphatic carbocycles. The highest BCUT2D eigenvalue weighted by molar-refractivity contribution is 9.10. The van der Waals surface area contributed by atoms with Gasteiger partial charge in [0.15, 0.2) is 0 Å². The van der Waals surface area contributed by atoms with Crippen LogP contribution < -0.4 is 10.1 Å². The van der Waals surface area contributed by atoms with Crippen LogP contribution in [-0.4, -0.2) is 6.61 Å². The van der Waals surface area contributed by atoms with Gasteiger partial charge in [0.25, 0.3) is 0 Å². The van der Waals surface area contributed by atoms with Crippen LogP contribution in [0.15, 0.2) is 46.9 Å². The van der Waals surface area contributed by atoms with Crippen molar-refractivity contribution in [1.82, 2.24) is 5.32 Å². The van der Waals surface area contributed by atoms with Gasteiger partial charge in [0.05, 0.1) is 0 Å². The first-order valence-corrected chi connectivity index (χ1v) is 7.40. The van der Waals surface area contributed by atoms with Crippen LogP contribution in [0.25, 0.3) is 0 Å². The van der Waals surface area contributed by atoms with Gasteiger partial charge in [-0.1, -0.05) is 45.7 Å². The van der Waals surface area contributed by atoms with E-state index in [-0.39, 0.29) is 5.75 Å². The molecule has 2 aromatic rings. The fourth-order valence-corrected chi connectivity index (χ4v) is 2.46.